The Morgan fingerprint density at radius 1 is 0.808 bits per heavy atom. The van der Waals surface area contributed by atoms with Gasteiger partial charge in [-0.25, -0.2) is 0 Å². The van der Waals surface area contributed by atoms with Gasteiger partial charge in [-0.15, -0.1) is 0 Å². The number of nitrogens with zero attached hydrogens (tertiary/aromatic N) is 1. The van der Waals surface area contributed by atoms with E-state index in [4.69, 9.17) is 4.74 Å². The highest BCUT2D eigenvalue weighted by Gasteiger charge is 2.82. The van der Waals surface area contributed by atoms with E-state index >= 15 is 4.79 Å². The zero-order valence-corrected chi connectivity index (χ0v) is 33.4. The lowest BCUT2D eigenvalue weighted by Crippen LogP contribution is -2.51. The van der Waals surface area contributed by atoms with Crippen LogP contribution in [0.2, 0.25) is 0 Å². The number of methoxy groups -OCH3 is 1. The molecule has 3 nitrogen and oxygen atoms in total. The van der Waals surface area contributed by atoms with Crippen LogP contribution in [0.15, 0.2) is 102 Å². The summed E-state index contributed by atoms with van der Waals surface area (Å²) in [6, 6.07) is 33.7. The lowest BCUT2D eigenvalue weighted by molar-refractivity contribution is -0.115. The minimum Gasteiger partial charge on any atom is -0.381 e. The molecule has 4 fully saturated rings. The Balaban J connectivity index is 1.19. The first-order valence-corrected chi connectivity index (χ1v) is 21.8. The molecule has 0 saturated heterocycles. The highest BCUT2D eigenvalue weighted by atomic mass is 31.2. The van der Waals surface area contributed by atoms with Gasteiger partial charge in [0, 0.05) is 18.9 Å². The highest BCUT2D eigenvalue weighted by Crippen LogP contribution is 2.89. The molecular weight excluding hydrogens is 654 g/mol. The maximum absolute atomic E-state index is 15.1. The number of hydrogen-bond acceptors (Lipinski definition) is 3. The summed E-state index contributed by atoms with van der Waals surface area (Å²) < 4.78 is 6.12. The Hall–Kier alpha value is -3.18. The van der Waals surface area contributed by atoms with Gasteiger partial charge in [-0.1, -0.05) is 144 Å². The van der Waals surface area contributed by atoms with Crippen molar-refractivity contribution in [1.29, 1.82) is 5.26 Å². The number of allylic oxidation sites excluding steroid dienone is 2. The molecule has 4 saturated carbocycles. The molecule has 0 heterocycles. The van der Waals surface area contributed by atoms with E-state index in [-0.39, 0.29) is 27.9 Å². The molecule has 0 aliphatic heterocycles. The molecule has 0 bridgehead atoms. The first-order valence-electron chi connectivity index (χ1n) is 20.0. The topological polar surface area (TPSA) is 50.1 Å². The predicted octanol–water partition coefficient (Wildman–Crippen LogP) is 10.0. The molecule has 0 unspecified atom stereocenters. The summed E-state index contributed by atoms with van der Waals surface area (Å²) in [7, 11) is 1.92. The van der Waals surface area contributed by atoms with Crippen molar-refractivity contribution in [3.8, 4) is 6.07 Å². The van der Waals surface area contributed by atoms with Gasteiger partial charge in [0.2, 0.25) is 0 Å². The molecule has 272 valence electrons. The van der Waals surface area contributed by atoms with E-state index in [1.54, 1.807) is 5.57 Å². The van der Waals surface area contributed by atoms with Gasteiger partial charge in [0.1, 0.15) is 11.4 Å². The smallest absolute Gasteiger partial charge is 0.174 e. The van der Waals surface area contributed by atoms with Crippen LogP contribution in [-0.4, -0.2) is 24.3 Å². The first-order chi connectivity index (χ1) is 24.9. The first kappa shape index (κ1) is 35.8. The van der Waals surface area contributed by atoms with E-state index in [9.17, 15) is 5.26 Å². The van der Waals surface area contributed by atoms with E-state index < -0.39 is 6.89 Å². The summed E-state index contributed by atoms with van der Waals surface area (Å²) in [6.45, 7) is 12.2. The quantitative estimate of drug-likeness (QED) is 0.173. The van der Waals surface area contributed by atoms with Crippen LogP contribution in [0.1, 0.15) is 99.3 Å². The molecule has 2 spiro atoms. The fourth-order valence-electron chi connectivity index (χ4n) is 14.0. The van der Waals surface area contributed by atoms with Crippen LogP contribution in [0, 0.1) is 56.2 Å². The van der Waals surface area contributed by atoms with E-state index in [0.717, 1.165) is 34.7 Å². The van der Waals surface area contributed by atoms with Gasteiger partial charge >= 0.3 is 0 Å². The van der Waals surface area contributed by atoms with Gasteiger partial charge in [-0.3, -0.25) is 4.79 Å². The van der Waals surface area contributed by atoms with Crippen molar-refractivity contribution >= 4 is 33.9 Å². The second-order valence-corrected chi connectivity index (χ2v) is 21.6. The molecule has 3 aromatic carbocycles. The number of fused-ring (bicyclic) bond motifs is 1. The Morgan fingerprint density at radius 2 is 1.37 bits per heavy atom. The van der Waals surface area contributed by atoms with Crippen LogP contribution in [0.4, 0.5) is 0 Å². The Morgan fingerprint density at radius 3 is 1.88 bits per heavy atom. The van der Waals surface area contributed by atoms with Crippen LogP contribution in [0.25, 0.3) is 0 Å². The molecule has 8 rings (SSSR count). The van der Waals surface area contributed by atoms with E-state index in [1.165, 1.54) is 38.5 Å². The van der Waals surface area contributed by atoms with Gasteiger partial charge < -0.3 is 4.74 Å². The second-order valence-electron chi connectivity index (χ2n) is 18.3. The van der Waals surface area contributed by atoms with Crippen molar-refractivity contribution in [2.45, 2.75) is 105 Å². The van der Waals surface area contributed by atoms with Crippen LogP contribution in [-0.2, 0) is 9.53 Å². The highest BCUT2D eigenvalue weighted by molar-refractivity contribution is 7.96. The number of rotatable bonds is 8. The van der Waals surface area contributed by atoms with E-state index in [0.29, 0.717) is 34.6 Å². The molecule has 0 aromatic heterocycles. The summed E-state index contributed by atoms with van der Waals surface area (Å²) in [5.74, 6) is 1.61. The van der Waals surface area contributed by atoms with Gasteiger partial charge in [0.05, 0.1) is 6.10 Å². The fraction of sp³-hybridized carbons (Fsp3) is 0.521. The average Bonchev–Trinajstić information content (AvgIpc) is 3.55. The van der Waals surface area contributed by atoms with Crippen LogP contribution >= 0.6 is 6.89 Å². The fourth-order valence-corrected chi connectivity index (χ4v) is 18.1. The number of nitriles is 1. The summed E-state index contributed by atoms with van der Waals surface area (Å²) >= 11 is 0. The molecule has 5 aliphatic rings. The monoisotopic (exact) mass is 711 g/mol. The normalized spacial score (nSPS) is 34.9. The molecule has 52 heavy (non-hydrogen) atoms. The number of ether oxygens (including phenoxy) is 1. The molecule has 0 amide bonds. The number of hydrogen-bond donors (Lipinski definition) is 0. The molecule has 3 aromatic rings. The number of carbonyl (C=O) groups excluding carboxylic acids is 1. The van der Waals surface area contributed by atoms with Crippen molar-refractivity contribution in [3.63, 3.8) is 0 Å². The minimum absolute atomic E-state index is 0.0182. The van der Waals surface area contributed by atoms with Gasteiger partial charge in [0.15, 0.2) is 5.78 Å². The number of benzene rings is 3. The van der Waals surface area contributed by atoms with Crippen molar-refractivity contribution in [2.75, 3.05) is 7.11 Å². The zero-order chi connectivity index (χ0) is 36.7. The molecule has 4 heteroatoms. The van der Waals surface area contributed by atoms with Crippen molar-refractivity contribution in [1.82, 2.24) is 0 Å². The zero-order valence-electron chi connectivity index (χ0n) is 32.5. The van der Waals surface area contributed by atoms with Crippen LogP contribution in [0.3, 0.4) is 0 Å². The third-order valence-electron chi connectivity index (χ3n) is 16.9. The standard InChI is InChI=1S/C48H58NO2P/c1-33(31-40(50)41(32-49)52(35-17-11-8-12-18-35,36-19-13-9-14-20-36)37-21-15-10-16-22-37)45(5)27-25-38-39-23-24-42-44(3,4)43(51-7)26-28-48(42)34(2)47(39,48)30-29-46(38,45)6/h8-22,33-34,42-43H,23-31H2,1-7H3/t33-,34+,42+,43-,45+,46+,47+,48-/m1/s1. The van der Waals surface area contributed by atoms with E-state index in [1.807, 2.05) is 67.3 Å². The maximum Gasteiger partial charge on any atom is 0.174 e. The summed E-state index contributed by atoms with van der Waals surface area (Å²) in [4.78, 5) is 15.1. The SMILES string of the molecule is CO[C@@H]1CC[C@]23[C@@H](C)[C@]24CC[C@@]2(C)C(=C4CC[C@H]3C1(C)C)CC[C@@]2(C)[C@H](C)CC(=O)C(C#N)=P(c1ccccc1)(c1ccccc1)c1ccccc1. The van der Waals surface area contributed by atoms with Crippen molar-refractivity contribution in [2.24, 2.45) is 44.8 Å². The summed E-state index contributed by atoms with van der Waals surface area (Å²) in [5, 5.41) is 14.7. The van der Waals surface area contributed by atoms with Gasteiger partial charge in [-0.2, -0.15) is 5.26 Å². The molecule has 0 radical (unpaired) electrons. The van der Waals surface area contributed by atoms with Crippen molar-refractivity contribution < 1.29 is 9.53 Å². The number of carbonyl (C=O) groups is 1. The third kappa shape index (κ3) is 4.44. The maximum atomic E-state index is 15.1. The Bertz CT molecular complexity index is 1910. The number of ketones is 1. The molecule has 8 atom stereocenters. The van der Waals surface area contributed by atoms with Gasteiger partial charge in [0.25, 0.3) is 0 Å². The van der Waals surface area contributed by atoms with Crippen molar-refractivity contribution in [3.05, 3.63) is 102 Å². The summed E-state index contributed by atoms with van der Waals surface area (Å²) in [5.41, 5.74) is 4.63. The van der Waals surface area contributed by atoms with Crippen LogP contribution in [0.5, 0.6) is 0 Å². The van der Waals surface area contributed by atoms with Gasteiger partial charge in [-0.05, 0) is 114 Å². The van der Waals surface area contributed by atoms with Crippen LogP contribution < -0.4 is 15.9 Å². The minimum atomic E-state index is -2.75. The summed E-state index contributed by atoms with van der Waals surface area (Å²) in [6.07, 6.45) is 10.5. The lowest BCUT2D eigenvalue weighted by Gasteiger charge is -2.57. The largest absolute Gasteiger partial charge is 0.381 e. The predicted molar refractivity (Wildman–Crippen MR) is 217 cm³/mol. The molecule has 0 N–H and O–H groups in total. The molecule has 5 aliphatic carbocycles. The number of Topliss-reactive ketones (excluding diaryl/α,β-unsaturated/α-hetero) is 1. The third-order valence-corrected chi connectivity index (χ3v) is 21.1. The lowest BCUT2D eigenvalue weighted by atomic mass is 9.48. The second kappa shape index (κ2) is 12.4. The molecular formula is C48H58NO2P. The average molecular weight is 712 g/mol. The Labute approximate surface area is 313 Å². The Kier molecular flexibility index (Phi) is 8.57. The van der Waals surface area contributed by atoms with E-state index in [2.05, 4.69) is 84.0 Å².